The average molecular weight is 725 g/mol. The Balaban J connectivity index is 1.49. The molecule has 2 fully saturated rings. The van der Waals surface area contributed by atoms with Crippen LogP contribution in [-0.2, 0) is 21.9 Å². The van der Waals surface area contributed by atoms with Crippen LogP contribution >= 0.6 is 0 Å². The van der Waals surface area contributed by atoms with Crippen LogP contribution in [0, 0.1) is 0 Å². The van der Waals surface area contributed by atoms with Crippen LogP contribution in [0.15, 0.2) is 67.0 Å². The van der Waals surface area contributed by atoms with E-state index in [4.69, 9.17) is 14.2 Å². The van der Waals surface area contributed by atoms with E-state index in [2.05, 4.69) is 4.98 Å². The van der Waals surface area contributed by atoms with E-state index in [9.17, 15) is 41.0 Å². The van der Waals surface area contributed by atoms with Crippen LogP contribution in [0.4, 0.5) is 32.0 Å². The maximum atomic E-state index is 14.8. The van der Waals surface area contributed by atoms with Crippen molar-refractivity contribution in [3.05, 3.63) is 83.7 Å². The third-order valence-electron chi connectivity index (χ3n) is 9.04. The van der Waals surface area contributed by atoms with Crippen molar-refractivity contribution >= 4 is 17.5 Å². The number of halogens is 6. The van der Waals surface area contributed by atoms with Gasteiger partial charge in [-0.15, -0.1) is 0 Å². The minimum atomic E-state index is -4.90. The Morgan fingerprint density at radius 1 is 0.922 bits per heavy atom. The lowest BCUT2D eigenvalue weighted by atomic mass is 9.80. The van der Waals surface area contributed by atoms with Crippen molar-refractivity contribution in [1.82, 2.24) is 14.8 Å². The molecule has 0 aliphatic carbocycles. The van der Waals surface area contributed by atoms with E-state index < -0.39 is 59.1 Å². The summed E-state index contributed by atoms with van der Waals surface area (Å²) in [6.07, 6.45) is -8.03. The van der Waals surface area contributed by atoms with Gasteiger partial charge >= 0.3 is 12.4 Å². The molecule has 16 heteroatoms. The molecule has 2 aliphatic heterocycles. The standard InChI is InChI=1S/C35H38F6N4O6/c1-49-21-22-50-29-6-3-2-5-28(29)43-16-18-44(19-17-43)32(48)33(51-25-9-7-24(8-10-25)34(36,37)38)13-4-15-45(30(33)12-20-46)31(47)26-23-42-14-11-27(26)35(39,40)41/h2-3,5-11,14,23,30,46H,4,12-13,15-22H2,1H3/t30-,33+/m1/s1. The number of carbonyl (C=O) groups excluding carboxylic acids is 2. The summed E-state index contributed by atoms with van der Waals surface area (Å²) >= 11 is 0. The molecule has 1 N–H and O–H groups in total. The molecular formula is C35H38F6N4O6. The van der Waals surface area contributed by atoms with Crippen LogP contribution in [0.2, 0.25) is 0 Å². The van der Waals surface area contributed by atoms with Gasteiger partial charge in [0.15, 0.2) is 0 Å². The molecule has 276 valence electrons. The Labute approximate surface area is 290 Å². The van der Waals surface area contributed by atoms with Crippen molar-refractivity contribution in [2.75, 3.05) is 64.6 Å². The fraction of sp³-hybridized carbons (Fsp3) is 0.457. The largest absolute Gasteiger partial charge is 0.489 e. The molecule has 0 spiro atoms. The zero-order valence-corrected chi connectivity index (χ0v) is 27.8. The predicted octanol–water partition coefficient (Wildman–Crippen LogP) is 5.30. The van der Waals surface area contributed by atoms with Gasteiger partial charge in [-0.05, 0) is 55.3 Å². The first-order valence-electron chi connectivity index (χ1n) is 16.3. The normalized spacial score (nSPS) is 19.9. The van der Waals surface area contributed by atoms with Gasteiger partial charge in [-0.1, -0.05) is 12.1 Å². The number of aromatic nitrogens is 1. The van der Waals surface area contributed by atoms with Crippen LogP contribution in [0.1, 0.15) is 40.7 Å². The Hall–Kier alpha value is -4.57. The molecule has 5 rings (SSSR count). The van der Waals surface area contributed by atoms with Gasteiger partial charge in [0.05, 0.1) is 35.0 Å². The van der Waals surface area contributed by atoms with E-state index in [0.717, 1.165) is 47.2 Å². The lowest BCUT2D eigenvalue weighted by Crippen LogP contribution is -2.69. The van der Waals surface area contributed by atoms with E-state index in [1.807, 2.05) is 29.2 Å². The summed E-state index contributed by atoms with van der Waals surface area (Å²) in [5, 5.41) is 10.2. The third kappa shape index (κ3) is 8.33. The lowest BCUT2D eigenvalue weighted by Gasteiger charge is -2.50. The van der Waals surface area contributed by atoms with Crippen molar-refractivity contribution in [2.24, 2.45) is 0 Å². The monoisotopic (exact) mass is 724 g/mol. The minimum Gasteiger partial charge on any atom is -0.489 e. The number of anilines is 1. The summed E-state index contributed by atoms with van der Waals surface area (Å²) in [7, 11) is 1.56. The molecule has 0 saturated carbocycles. The number of likely N-dealkylation sites (tertiary alicyclic amines) is 1. The number of hydrogen-bond donors (Lipinski definition) is 1. The number of piperidine rings is 1. The molecule has 3 heterocycles. The second-order valence-electron chi connectivity index (χ2n) is 12.2. The molecule has 51 heavy (non-hydrogen) atoms. The molecule has 2 amide bonds. The van der Waals surface area contributed by atoms with Crippen molar-refractivity contribution in [1.29, 1.82) is 0 Å². The number of nitrogens with zero attached hydrogens (tertiary/aromatic N) is 4. The first-order valence-corrected chi connectivity index (χ1v) is 16.3. The third-order valence-corrected chi connectivity index (χ3v) is 9.04. The molecule has 2 aromatic carbocycles. The minimum absolute atomic E-state index is 0.0309. The number of benzene rings is 2. The quantitative estimate of drug-likeness (QED) is 0.210. The number of ether oxygens (including phenoxy) is 3. The molecule has 0 radical (unpaired) electrons. The summed E-state index contributed by atoms with van der Waals surface area (Å²) in [4.78, 5) is 37.1. The molecular weight excluding hydrogens is 686 g/mol. The average Bonchev–Trinajstić information content (AvgIpc) is 3.12. The zero-order chi connectivity index (χ0) is 36.8. The number of hydrogen-bond acceptors (Lipinski definition) is 8. The summed E-state index contributed by atoms with van der Waals surface area (Å²) in [5.74, 6) is -1.18. The van der Waals surface area contributed by atoms with Crippen molar-refractivity contribution in [3.8, 4) is 11.5 Å². The fourth-order valence-electron chi connectivity index (χ4n) is 6.64. The summed E-state index contributed by atoms with van der Waals surface area (Å²) < 4.78 is 99.4. The zero-order valence-electron chi connectivity index (χ0n) is 27.8. The SMILES string of the molecule is COCCOc1ccccc1N1CCN(C(=O)[C@]2(Oc3ccc(C(F)(F)F)cc3)CCCN(C(=O)c3cnccc3C(F)(F)F)[C@@H]2CCO)CC1. The molecule has 0 bridgehead atoms. The van der Waals surface area contributed by atoms with Gasteiger partial charge < -0.3 is 34.0 Å². The second-order valence-corrected chi connectivity index (χ2v) is 12.2. The number of alkyl halides is 6. The van der Waals surface area contributed by atoms with Crippen LogP contribution < -0.4 is 14.4 Å². The van der Waals surface area contributed by atoms with E-state index in [-0.39, 0.29) is 44.6 Å². The maximum Gasteiger partial charge on any atom is 0.417 e. The van der Waals surface area contributed by atoms with Crippen LogP contribution in [0.25, 0.3) is 0 Å². The highest BCUT2D eigenvalue weighted by Gasteiger charge is 2.56. The number of carbonyl (C=O) groups is 2. The van der Waals surface area contributed by atoms with Gasteiger partial charge in [0, 0.05) is 65.3 Å². The van der Waals surface area contributed by atoms with Crippen LogP contribution in [-0.4, -0.2) is 103 Å². The van der Waals surface area contributed by atoms with Gasteiger partial charge in [-0.25, -0.2) is 0 Å². The topological polar surface area (TPSA) is 105 Å². The highest BCUT2D eigenvalue weighted by Crippen LogP contribution is 2.40. The van der Waals surface area contributed by atoms with E-state index in [1.165, 1.54) is 4.90 Å². The van der Waals surface area contributed by atoms with Gasteiger partial charge in [-0.2, -0.15) is 26.3 Å². The molecule has 0 unspecified atom stereocenters. The highest BCUT2D eigenvalue weighted by atomic mass is 19.4. The molecule has 1 aromatic heterocycles. The van der Waals surface area contributed by atoms with E-state index >= 15 is 0 Å². The molecule has 2 saturated heterocycles. The maximum absolute atomic E-state index is 14.8. The summed E-state index contributed by atoms with van der Waals surface area (Å²) in [5.41, 5.74) is -4.10. The summed E-state index contributed by atoms with van der Waals surface area (Å²) in [6.45, 7) is 1.09. The Morgan fingerprint density at radius 3 is 2.27 bits per heavy atom. The number of piperazine rings is 1. The number of rotatable bonds is 11. The van der Waals surface area contributed by atoms with Gasteiger partial charge in [0.2, 0.25) is 5.60 Å². The van der Waals surface area contributed by atoms with Crippen molar-refractivity contribution in [2.45, 2.75) is 43.3 Å². The van der Waals surface area contributed by atoms with E-state index in [1.54, 1.807) is 7.11 Å². The number of pyridine rings is 1. The number of aliphatic hydroxyl groups is 1. The second kappa shape index (κ2) is 15.8. The van der Waals surface area contributed by atoms with Crippen LogP contribution in [0.3, 0.4) is 0 Å². The Kier molecular flexibility index (Phi) is 11.6. The first-order chi connectivity index (χ1) is 24.3. The van der Waals surface area contributed by atoms with E-state index in [0.29, 0.717) is 38.1 Å². The smallest absolute Gasteiger partial charge is 0.417 e. The fourth-order valence-corrected chi connectivity index (χ4v) is 6.64. The van der Waals surface area contributed by atoms with Gasteiger partial charge in [0.25, 0.3) is 11.8 Å². The number of amides is 2. The van der Waals surface area contributed by atoms with Crippen molar-refractivity contribution in [3.63, 3.8) is 0 Å². The number of para-hydroxylation sites is 2. The van der Waals surface area contributed by atoms with Gasteiger partial charge in [-0.3, -0.25) is 14.6 Å². The lowest BCUT2D eigenvalue weighted by molar-refractivity contribution is -0.160. The molecule has 10 nitrogen and oxygen atoms in total. The molecule has 2 aliphatic rings. The van der Waals surface area contributed by atoms with Crippen LogP contribution in [0.5, 0.6) is 11.5 Å². The summed E-state index contributed by atoms with van der Waals surface area (Å²) in [6, 6.07) is 10.4. The number of methoxy groups -OCH3 is 1. The Morgan fingerprint density at radius 2 is 1.63 bits per heavy atom. The first kappa shape index (κ1) is 37.7. The highest BCUT2D eigenvalue weighted by molar-refractivity contribution is 5.97. The van der Waals surface area contributed by atoms with Gasteiger partial charge in [0.1, 0.15) is 18.1 Å². The number of aliphatic hydroxyl groups excluding tert-OH is 1. The molecule has 2 atom stereocenters. The Bertz CT molecular complexity index is 1650. The predicted molar refractivity (Wildman–Crippen MR) is 172 cm³/mol. The molecule has 3 aromatic rings. The van der Waals surface area contributed by atoms with Crippen molar-refractivity contribution < 1.29 is 55.2 Å².